The summed E-state index contributed by atoms with van der Waals surface area (Å²) in [5, 5.41) is 9.89. The molecule has 0 amide bonds. The molecule has 1 aliphatic carbocycles. The van der Waals surface area contributed by atoms with Crippen LogP contribution in [0.3, 0.4) is 0 Å². The van der Waals surface area contributed by atoms with Crippen LogP contribution >= 0.6 is 0 Å². The number of carbonyl (C=O) groups excluding carboxylic acids is 2. The van der Waals surface area contributed by atoms with Gasteiger partial charge in [0.05, 0.1) is 11.6 Å². The molecule has 0 saturated carbocycles. The van der Waals surface area contributed by atoms with Crippen LogP contribution in [0, 0.1) is 11.3 Å². The van der Waals surface area contributed by atoms with Crippen LogP contribution in [0.1, 0.15) is 26.3 Å². The number of para-hydroxylation sites is 1. The Balaban J connectivity index is 1.89. The second-order valence-corrected chi connectivity index (χ2v) is 5.65. The molecule has 114 valence electrons. The largest absolute Gasteiger partial charge is 0.333 e. The second-order valence-electron chi connectivity index (χ2n) is 5.65. The quantitative estimate of drug-likeness (QED) is 0.536. The van der Waals surface area contributed by atoms with Crippen molar-refractivity contribution in [3.8, 4) is 6.07 Å². The Kier molecular flexibility index (Phi) is 3.14. The predicted octanol–water partition coefficient (Wildman–Crippen LogP) is 3.63. The van der Waals surface area contributed by atoms with Crippen LogP contribution in [0.15, 0.2) is 60.3 Å². The zero-order valence-electron chi connectivity index (χ0n) is 12.7. The third-order valence-corrected chi connectivity index (χ3v) is 4.27. The molecule has 3 aromatic rings. The van der Waals surface area contributed by atoms with Gasteiger partial charge in [-0.25, -0.2) is 0 Å². The third kappa shape index (κ3) is 1.99. The number of nitrogens with zero attached hydrogens (tertiary/aromatic N) is 2. The minimum absolute atomic E-state index is 0.177. The maximum Gasteiger partial charge on any atom is 0.197 e. The molecule has 0 N–H and O–H groups in total. The molecular weight excluding hydrogens is 300 g/mol. The summed E-state index contributed by atoms with van der Waals surface area (Å²) >= 11 is 0. The Morgan fingerprint density at radius 2 is 1.58 bits per heavy atom. The molecule has 4 heteroatoms. The smallest absolute Gasteiger partial charge is 0.197 e. The van der Waals surface area contributed by atoms with Gasteiger partial charge in [-0.1, -0.05) is 42.5 Å². The highest BCUT2D eigenvalue weighted by Gasteiger charge is 2.32. The molecule has 1 aromatic heterocycles. The lowest BCUT2D eigenvalue weighted by Gasteiger charge is -1.96. The van der Waals surface area contributed by atoms with E-state index in [9.17, 15) is 9.59 Å². The zero-order chi connectivity index (χ0) is 16.7. The van der Waals surface area contributed by atoms with Crippen molar-refractivity contribution in [2.75, 3.05) is 0 Å². The van der Waals surface area contributed by atoms with Gasteiger partial charge in [0.25, 0.3) is 0 Å². The number of rotatable bonds is 2. The van der Waals surface area contributed by atoms with Gasteiger partial charge in [-0.15, -0.1) is 0 Å². The predicted molar refractivity (Wildman–Crippen MR) is 90.6 cm³/mol. The highest BCUT2D eigenvalue weighted by atomic mass is 16.2. The van der Waals surface area contributed by atoms with Crippen LogP contribution in [0.5, 0.6) is 0 Å². The van der Waals surface area contributed by atoms with E-state index >= 15 is 0 Å². The van der Waals surface area contributed by atoms with Crippen molar-refractivity contribution in [2.24, 2.45) is 0 Å². The number of benzene rings is 2. The van der Waals surface area contributed by atoms with E-state index in [2.05, 4.69) is 6.07 Å². The summed E-state index contributed by atoms with van der Waals surface area (Å²) in [5.41, 5.74) is 2.76. The van der Waals surface area contributed by atoms with E-state index < -0.39 is 0 Å². The van der Waals surface area contributed by atoms with Crippen molar-refractivity contribution in [3.63, 3.8) is 0 Å². The van der Waals surface area contributed by atoms with Crippen molar-refractivity contribution in [1.82, 2.24) is 4.57 Å². The van der Waals surface area contributed by atoms with Crippen LogP contribution in [-0.4, -0.2) is 16.1 Å². The summed E-state index contributed by atoms with van der Waals surface area (Å²) in [6.45, 7) is 0.214. The normalized spacial score (nSPS) is 13.2. The van der Waals surface area contributed by atoms with Gasteiger partial charge >= 0.3 is 0 Å². The number of ketones is 2. The lowest BCUT2D eigenvalue weighted by Crippen LogP contribution is -2.00. The molecule has 0 bridgehead atoms. The fourth-order valence-electron chi connectivity index (χ4n) is 3.16. The van der Waals surface area contributed by atoms with E-state index in [0.717, 1.165) is 16.5 Å². The first kappa shape index (κ1) is 14.2. The SMILES string of the molecule is N#CCn1cc(C=C2C(=O)c3ccccc3C2=O)c2ccccc21. The topological polar surface area (TPSA) is 62.9 Å². The van der Waals surface area contributed by atoms with Gasteiger partial charge in [-0.05, 0) is 12.1 Å². The van der Waals surface area contributed by atoms with Crippen LogP contribution in [0.2, 0.25) is 0 Å². The number of allylic oxidation sites excluding steroid dienone is 1. The van der Waals surface area contributed by atoms with Crippen LogP contribution in [-0.2, 0) is 6.54 Å². The molecule has 0 atom stereocenters. The Morgan fingerprint density at radius 1 is 0.958 bits per heavy atom. The molecule has 24 heavy (non-hydrogen) atoms. The molecule has 1 aliphatic rings. The molecule has 4 nitrogen and oxygen atoms in total. The monoisotopic (exact) mass is 312 g/mol. The summed E-state index contributed by atoms with van der Waals surface area (Å²) in [6, 6.07) is 16.6. The number of hydrogen-bond donors (Lipinski definition) is 0. The summed E-state index contributed by atoms with van der Waals surface area (Å²) < 4.78 is 1.82. The third-order valence-electron chi connectivity index (χ3n) is 4.27. The minimum Gasteiger partial charge on any atom is -0.333 e. The first-order valence-electron chi connectivity index (χ1n) is 7.55. The van der Waals surface area contributed by atoms with Crippen LogP contribution in [0.4, 0.5) is 0 Å². The molecule has 4 rings (SSSR count). The fourth-order valence-corrected chi connectivity index (χ4v) is 3.16. The van der Waals surface area contributed by atoms with Crippen LogP contribution in [0.25, 0.3) is 17.0 Å². The summed E-state index contributed by atoms with van der Waals surface area (Å²) in [6.07, 6.45) is 3.45. The molecule has 0 unspecified atom stereocenters. The van der Waals surface area contributed by atoms with E-state index in [-0.39, 0.29) is 23.7 Å². The van der Waals surface area contributed by atoms with Gasteiger partial charge in [0.2, 0.25) is 0 Å². The van der Waals surface area contributed by atoms with Gasteiger partial charge in [-0.2, -0.15) is 5.26 Å². The van der Waals surface area contributed by atoms with Crippen molar-refractivity contribution in [2.45, 2.75) is 6.54 Å². The molecular formula is C20H12N2O2. The Hall–Kier alpha value is -3.45. The summed E-state index contributed by atoms with van der Waals surface area (Å²) in [4.78, 5) is 25.1. The van der Waals surface area contributed by atoms with Crippen molar-refractivity contribution in [3.05, 3.63) is 77.0 Å². The second kappa shape index (κ2) is 5.32. The first-order valence-corrected chi connectivity index (χ1v) is 7.55. The van der Waals surface area contributed by atoms with Gasteiger partial charge in [-0.3, -0.25) is 9.59 Å². The average Bonchev–Trinajstić information content (AvgIpc) is 3.07. The average molecular weight is 312 g/mol. The number of fused-ring (bicyclic) bond motifs is 2. The van der Waals surface area contributed by atoms with Gasteiger partial charge < -0.3 is 4.57 Å². The molecule has 0 saturated heterocycles. The highest BCUT2D eigenvalue weighted by molar-refractivity contribution is 6.41. The molecule has 1 heterocycles. The first-order chi connectivity index (χ1) is 11.7. The van der Waals surface area contributed by atoms with E-state index in [1.165, 1.54) is 0 Å². The van der Waals surface area contributed by atoms with Gasteiger partial charge in [0.1, 0.15) is 6.54 Å². The zero-order valence-corrected chi connectivity index (χ0v) is 12.7. The minimum atomic E-state index is -0.243. The number of carbonyl (C=O) groups is 2. The maximum atomic E-state index is 12.5. The van der Waals surface area contributed by atoms with Crippen molar-refractivity contribution in [1.29, 1.82) is 5.26 Å². The number of nitriles is 1. The molecule has 0 fully saturated rings. The molecule has 2 aromatic carbocycles. The van der Waals surface area contributed by atoms with Gasteiger partial charge in [0.15, 0.2) is 11.6 Å². The lowest BCUT2D eigenvalue weighted by molar-refractivity contribution is 0.0990. The van der Waals surface area contributed by atoms with Crippen molar-refractivity contribution < 1.29 is 9.59 Å². The number of hydrogen-bond acceptors (Lipinski definition) is 3. The van der Waals surface area contributed by atoms with E-state index in [4.69, 9.17) is 5.26 Å². The standard InChI is InChI=1S/C20H12N2O2/c21-9-10-22-12-13(14-5-3-4-8-18(14)22)11-17-19(23)15-6-1-2-7-16(15)20(17)24/h1-8,11-12H,10H2. The van der Waals surface area contributed by atoms with Gasteiger partial charge in [0, 0.05) is 33.8 Å². The number of Topliss-reactive ketones (excluding diaryl/α,β-unsaturated/α-hetero) is 2. The maximum absolute atomic E-state index is 12.5. The Bertz CT molecular complexity index is 1040. The molecule has 0 aliphatic heterocycles. The van der Waals surface area contributed by atoms with E-state index in [1.807, 2.05) is 35.0 Å². The van der Waals surface area contributed by atoms with Crippen molar-refractivity contribution >= 4 is 28.5 Å². The molecule has 0 radical (unpaired) electrons. The summed E-state index contributed by atoms with van der Waals surface area (Å²) in [7, 11) is 0. The highest BCUT2D eigenvalue weighted by Crippen LogP contribution is 2.30. The lowest BCUT2D eigenvalue weighted by atomic mass is 10.1. The van der Waals surface area contributed by atoms with E-state index in [0.29, 0.717) is 11.1 Å². The molecule has 0 spiro atoms. The number of aromatic nitrogens is 1. The van der Waals surface area contributed by atoms with E-state index in [1.54, 1.807) is 30.3 Å². The Labute approximate surface area is 138 Å². The Morgan fingerprint density at radius 3 is 2.25 bits per heavy atom. The van der Waals surface area contributed by atoms with Crippen LogP contribution < -0.4 is 0 Å². The fraction of sp³-hybridized carbons (Fsp3) is 0.0500. The summed E-state index contributed by atoms with van der Waals surface area (Å²) in [5.74, 6) is -0.486.